The highest BCUT2D eigenvalue weighted by Gasteiger charge is 2.52. The molecule has 4 nitrogen and oxygen atoms in total. The molecule has 0 spiro atoms. The van der Waals surface area contributed by atoms with Gasteiger partial charge in [-0.05, 0) is 159 Å². The molecule has 0 bridgehead atoms. The van der Waals surface area contributed by atoms with Crippen molar-refractivity contribution in [1.29, 1.82) is 0 Å². The summed E-state index contributed by atoms with van der Waals surface area (Å²) in [6, 6.07) is 2.06. The molecule has 8 heteroatoms. The van der Waals surface area contributed by atoms with E-state index < -0.39 is 25.0 Å². The number of aryl methyl sites for hydroxylation is 1. The summed E-state index contributed by atoms with van der Waals surface area (Å²) in [5.74, 6) is 2.34. The number of fused-ring (bicyclic) bond motifs is 1. The van der Waals surface area contributed by atoms with Crippen molar-refractivity contribution in [3.63, 3.8) is 0 Å². The van der Waals surface area contributed by atoms with Gasteiger partial charge in [-0.2, -0.15) is 0 Å². The fourth-order valence-corrected chi connectivity index (χ4v) is 14.0. The monoisotopic (exact) mass is 829 g/mol. The maximum atomic E-state index is 12.9. The smallest absolute Gasteiger partial charge is 0.192 e. The lowest BCUT2D eigenvalue weighted by atomic mass is 9.60. The molecule has 55 heavy (non-hydrogen) atoms. The van der Waals surface area contributed by atoms with Gasteiger partial charge in [0.2, 0.25) is 0 Å². The van der Waals surface area contributed by atoms with Crippen LogP contribution in [0.25, 0.3) is 0 Å². The van der Waals surface area contributed by atoms with E-state index in [2.05, 4.69) is 146 Å². The fourth-order valence-electron chi connectivity index (χ4n) is 9.13. The highest BCUT2D eigenvalue weighted by Crippen LogP contribution is 2.60. The lowest BCUT2D eigenvalue weighted by molar-refractivity contribution is -0.0527. The van der Waals surface area contributed by atoms with Gasteiger partial charge in [0.15, 0.2) is 30.7 Å². The molecule has 3 aliphatic rings. The van der Waals surface area contributed by atoms with Gasteiger partial charge in [0, 0.05) is 6.42 Å². The molecule has 3 aliphatic carbocycles. The first kappa shape index (κ1) is 47.1. The number of rotatable bonds is 13. The summed E-state index contributed by atoms with van der Waals surface area (Å²) in [6.45, 7) is 42.8. The number of carbonyl (C=O) groups is 1. The van der Waals surface area contributed by atoms with Gasteiger partial charge in [0.25, 0.3) is 0 Å². The maximum Gasteiger partial charge on any atom is 0.192 e. The van der Waals surface area contributed by atoms with Gasteiger partial charge < -0.3 is 13.3 Å². The number of Topliss-reactive ketones (excluding diaryl/α,β-unsaturated/α-hetero) is 1. The van der Waals surface area contributed by atoms with Crippen LogP contribution in [0.4, 0.5) is 0 Å². The molecule has 0 N–H and O–H groups in total. The first-order valence-electron chi connectivity index (χ1n) is 22.0. The molecule has 1 aromatic rings. The van der Waals surface area contributed by atoms with E-state index in [-0.39, 0.29) is 33.4 Å². The topological polar surface area (TPSA) is 44.8 Å². The highest BCUT2D eigenvalue weighted by atomic mass is 32.1. The van der Waals surface area contributed by atoms with Crippen molar-refractivity contribution in [3.8, 4) is 0 Å². The summed E-state index contributed by atoms with van der Waals surface area (Å²) < 4.78 is 22.4. The molecule has 0 aliphatic heterocycles. The molecule has 3 saturated carbocycles. The number of thiophene rings is 1. The SMILES string of the molecule is Cc1csc(C(=O)CCC[C@@H](C)[C@H]2CC[C@H]3/C(=C/C=C4CC(O[Si](C)(C)C(C)(C)C)C(O[Si](C)(C)C(C)(C)C)C(O[Si](C)(C)C(C)(C)C)C4)CCC[C@]23C)c1. The van der Waals surface area contributed by atoms with Crippen LogP contribution in [0.1, 0.15) is 156 Å². The summed E-state index contributed by atoms with van der Waals surface area (Å²) in [6.07, 6.45) is 16.0. The van der Waals surface area contributed by atoms with Crippen LogP contribution < -0.4 is 0 Å². The van der Waals surface area contributed by atoms with Gasteiger partial charge in [-0.1, -0.05) is 99.5 Å². The van der Waals surface area contributed by atoms with Gasteiger partial charge in [-0.25, -0.2) is 0 Å². The summed E-state index contributed by atoms with van der Waals surface area (Å²) in [5.41, 5.74) is 4.68. The van der Waals surface area contributed by atoms with Gasteiger partial charge in [0.1, 0.15) is 0 Å². The van der Waals surface area contributed by atoms with Crippen LogP contribution in [0.5, 0.6) is 0 Å². The predicted molar refractivity (Wildman–Crippen MR) is 246 cm³/mol. The van der Waals surface area contributed by atoms with Crippen LogP contribution in [0.3, 0.4) is 0 Å². The molecule has 0 saturated heterocycles. The van der Waals surface area contributed by atoms with Gasteiger partial charge in [0.05, 0.1) is 23.2 Å². The van der Waals surface area contributed by atoms with Crippen molar-refractivity contribution in [2.45, 2.75) is 220 Å². The Morgan fingerprint density at radius 1 is 0.855 bits per heavy atom. The van der Waals surface area contributed by atoms with Crippen molar-refractivity contribution in [2.24, 2.45) is 23.2 Å². The minimum atomic E-state index is -2.13. The Morgan fingerprint density at radius 2 is 1.38 bits per heavy atom. The normalized spacial score (nSPS) is 28.7. The van der Waals surface area contributed by atoms with Gasteiger partial charge >= 0.3 is 0 Å². The molecule has 4 rings (SSSR count). The quantitative estimate of drug-likeness (QED) is 0.147. The van der Waals surface area contributed by atoms with E-state index >= 15 is 0 Å². The molecule has 314 valence electrons. The largest absolute Gasteiger partial charge is 0.411 e. The zero-order chi connectivity index (χ0) is 41.6. The van der Waals surface area contributed by atoms with Crippen LogP contribution in [0.2, 0.25) is 54.4 Å². The summed E-state index contributed by atoms with van der Waals surface area (Å²) in [5, 5.41) is 2.41. The number of hydrogen-bond acceptors (Lipinski definition) is 5. The van der Waals surface area contributed by atoms with Crippen LogP contribution in [0.15, 0.2) is 34.7 Å². The summed E-state index contributed by atoms with van der Waals surface area (Å²) in [7, 11) is -6.36. The molecule has 1 aromatic heterocycles. The molecule has 0 radical (unpaired) electrons. The second-order valence-corrected chi connectivity index (χ2v) is 38.2. The van der Waals surface area contributed by atoms with E-state index in [4.69, 9.17) is 13.3 Å². The number of carbonyl (C=O) groups excluding carboxylic acids is 1. The van der Waals surface area contributed by atoms with Gasteiger partial charge in [-0.3, -0.25) is 4.79 Å². The minimum Gasteiger partial charge on any atom is -0.411 e. The van der Waals surface area contributed by atoms with Crippen molar-refractivity contribution in [1.82, 2.24) is 0 Å². The zero-order valence-electron chi connectivity index (χ0n) is 38.9. The third kappa shape index (κ3) is 11.0. The molecule has 6 atom stereocenters. The fraction of sp³-hybridized carbons (Fsp3) is 0.809. The van der Waals surface area contributed by atoms with E-state index in [1.807, 2.05) is 0 Å². The Hall–Kier alpha value is -0.619. The Kier molecular flexibility index (Phi) is 14.7. The second kappa shape index (κ2) is 17.2. The second-order valence-electron chi connectivity index (χ2n) is 23.0. The molecular weight excluding hydrogens is 745 g/mol. The predicted octanol–water partition coefficient (Wildman–Crippen LogP) is 15.1. The third-order valence-corrected chi connectivity index (χ3v) is 30.3. The van der Waals surface area contributed by atoms with Crippen molar-refractivity contribution in [3.05, 3.63) is 45.2 Å². The summed E-state index contributed by atoms with van der Waals surface area (Å²) >= 11 is 1.60. The Bertz CT molecular complexity index is 1490. The molecule has 0 aromatic carbocycles. The van der Waals surface area contributed by atoms with Crippen LogP contribution in [-0.2, 0) is 13.3 Å². The maximum absolute atomic E-state index is 12.9. The van der Waals surface area contributed by atoms with Crippen LogP contribution >= 0.6 is 11.3 Å². The van der Waals surface area contributed by atoms with E-state index in [1.165, 1.54) is 43.2 Å². The zero-order valence-corrected chi connectivity index (χ0v) is 42.7. The minimum absolute atomic E-state index is 0.0211. The average Bonchev–Trinajstić information content (AvgIpc) is 3.62. The molecule has 3 fully saturated rings. The molecule has 1 heterocycles. The van der Waals surface area contributed by atoms with Crippen molar-refractivity contribution in [2.75, 3.05) is 0 Å². The summed E-state index contributed by atoms with van der Waals surface area (Å²) in [4.78, 5) is 13.8. The Morgan fingerprint density at radius 3 is 1.87 bits per heavy atom. The third-order valence-electron chi connectivity index (χ3n) is 15.7. The first-order chi connectivity index (χ1) is 25.0. The van der Waals surface area contributed by atoms with E-state index in [0.717, 1.165) is 36.5 Å². The van der Waals surface area contributed by atoms with E-state index in [0.29, 0.717) is 29.5 Å². The first-order valence-corrected chi connectivity index (χ1v) is 31.6. The van der Waals surface area contributed by atoms with E-state index in [9.17, 15) is 4.79 Å². The Balaban J connectivity index is 1.62. The molecular formula is C47H84O4SSi3. The number of allylic oxidation sites excluding steroid dienone is 3. The van der Waals surface area contributed by atoms with Crippen LogP contribution in [0, 0.1) is 30.1 Å². The standard InChI is InChI=1S/C47H84O4SSi3/c1-33-29-42(52-32-33)39(48)23-19-21-34(2)37-26-27-38-36(22-20-28-47(37,38)12)25-24-35-30-40(49-53(13,14)44(3,4)5)43(51-55(17,18)46(9,10)11)41(31-35)50-54(15,16)45(6,7)8/h24-25,29,32,34,37-38,40-41,43H,19-23,26-28,30-31H2,1-18H3/b35-24?,36-25+/t34-,37-,38+,40?,41?,43?,47-/m1/s1. The average molecular weight is 830 g/mol. The molecule has 2 unspecified atom stereocenters. The Labute approximate surface area is 346 Å². The van der Waals surface area contributed by atoms with Gasteiger partial charge in [-0.15, -0.1) is 11.3 Å². The number of ketones is 1. The highest BCUT2D eigenvalue weighted by molar-refractivity contribution is 7.12. The van der Waals surface area contributed by atoms with E-state index in [1.54, 1.807) is 16.9 Å². The number of hydrogen-bond donors (Lipinski definition) is 0. The lowest BCUT2D eigenvalue weighted by Crippen LogP contribution is -2.59. The van der Waals surface area contributed by atoms with Crippen molar-refractivity contribution >= 4 is 42.1 Å². The lowest BCUT2D eigenvalue weighted by Gasteiger charge is -2.51. The van der Waals surface area contributed by atoms with Crippen molar-refractivity contribution < 1.29 is 18.1 Å². The molecule has 0 amide bonds. The van der Waals surface area contributed by atoms with Crippen LogP contribution in [-0.4, -0.2) is 49.0 Å².